The first-order valence-corrected chi connectivity index (χ1v) is 6.61. The summed E-state index contributed by atoms with van der Waals surface area (Å²) in [6.45, 7) is -0.919. The molecule has 0 aromatic heterocycles. The van der Waals surface area contributed by atoms with Gasteiger partial charge >= 0.3 is 6.18 Å². The molecule has 112 valence electrons. The van der Waals surface area contributed by atoms with Gasteiger partial charge in [-0.25, -0.2) is 13.1 Å². The molecule has 0 radical (unpaired) electrons. The van der Waals surface area contributed by atoms with E-state index in [-0.39, 0.29) is 5.69 Å². The van der Waals surface area contributed by atoms with Crippen LogP contribution in [0.3, 0.4) is 0 Å². The van der Waals surface area contributed by atoms with Crippen molar-refractivity contribution >= 4 is 21.4 Å². The molecule has 0 aliphatic carbocycles. The molecule has 0 aliphatic rings. The van der Waals surface area contributed by atoms with E-state index in [0.717, 1.165) is 18.2 Å². The second-order valence-corrected chi connectivity index (χ2v) is 5.48. The molecule has 11 heteroatoms. The highest BCUT2D eigenvalue weighted by atomic mass is 32.2. The monoisotopic (exact) mass is 313 g/mol. The van der Waals surface area contributed by atoms with Crippen molar-refractivity contribution in [1.29, 1.82) is 0 Å². The van der Waals surface area contributed by atoms with Gasteiger partial charge in [-0.05, 0) is 12.1 Å². The number of hydrogen-bond acceptors (Lipinski definition) is 5. The van der Waals surface area contributed by atoms with Crippen molar-refractivity contribution in [2.45, 2.75) is 17.5 Å². The molecular formula is C9H10F3N3O4S. The molecular weight excluding hydrogens is 303 g/mol. The number of nitro benzene ring substituents is 1. The van der Waals surface area contributed by atoms with E-state index >= 15 is 0 Å². The molecule has 0 unspecified atom stereocenters. The van der Waals surface area contributed by atoms with E-state index in [1.807, 2.05) is 0 Å². The Bertz CT molecular complexity index is 615. The molecule has 1 rings (SSSR count). The van der Waals surface area contributed by atoms with Gasteiger partial charge in [-0.1, -0.05) is 0 Å². The fourth-order valence-electron chi connectivity index (χ4n) is 1.30. The fraction of sp³-hybridized carbons (Fsp3) is 0.333. The molecule has 0 atom stereocenters. The van der Waals surface area contributed by atoms with Crippen LogP contribution in [-0.4, -0.2) is 26.1 Å². The van der Waals surface area contributed by atoms with E-state index in [1.54, 1.807) is 4.72 Å². The molecule has 0 fully saturated rings. The first-order chi connectivity index (χ1) is 9.03. The Kier molecular flexibility index (Phi) is 4.55. The fourth-order valence-corrected chi connectivity index (χ4v) is 2.54. The van der Waals surface area contributed by atoms with E-state index in [4.69, 9.17) is 5.73 Å². The van der Waals surface area contributed by atoms with Crippen molar-refractivity contribution in [3.8, 4) is 0 Å². The summed E-state index contributed by atoms with van der Waals surface area (Å²) < 4.78 is 61.0. The third-order valence-corrected chi connectivity index (χ3v) is 3.66. The number of alkyl halides is 3. The highest BCUT2D eigenvalue weighted by Crippen LogP contribution is 2.26. The van der Waals surface area contributed by atoms with Gasteiger partial charge in [0.15, 0.2) is 4.90 Å². The van der Waals surface area contributed by atoms with Crippen LogP contribution < -0.4 is 10.5 Å². The number of anilines is 1. The molecule has 20 heavy (non-hydrogen) atoms. The van der Waals surface area contributed by atoms with Crippen LogP contribution in [0, 0.1) is 10.1 Å². The van der Waals surface area contributed by atoms with Crippen LogP contribution >= 0.6 is 0 Å². The maximum absolute atomic E-state index is 11.9. The Labute approximate surface area is 111 Å². The molecule has 0 bridgehead atoms. The van der Waals surface area contributed by atoms with Gasteiger partial charge < -0.3 is 5.73 Å². The zero-order valence-electron chi connectivity index (χ0n) is 9.85. The van der Waals surface area contributed by atoms with Crippen LogP contribution in [0.25, 0.3) is 0 Å². The quantitative estimate of drug-likeness (QED) is 0.484. The Morgan fingerprint density at radius 1 is 1.35 bits per heavy atom. The van der Waals surface area contributed by atoms with Crippen LogP contribution in [0.1, 0.15) is 6.42 Å². The van der Waals surface area contributed by atoms with Gasteiger partial charge in [0.1, 0.15) is 0 Å². The lowest BCUT2D eigenvalue weighted by Gasteiger charge is -2.09. The van der Waals surface area contributed by atoms with Crippen LogP contribution in [0.5, 0.6) is 0 Å². The van der Waals surface area contributed by atoms with Crippen molar-refractivity contribution in [2.24, 2.45) is 0 Å². The lowest BCUT2D eigenvalue weighted by atomic mass is 10.3. The first-order valence-electron chi connectivity index (χ1n) is 5.13. The van der Waals surface area contributed by atoms with Crippen LogP contribution in [-0.2, 0) is 10.0 Å². The normalized spacial score (nSPS) is 12.3. The van der Waals surface area contributed by atoms with E-state index in [9.17, 15) is 31.7 Å². The molecule has 0 amide bonds. The molecule has 0 heterocycles. The van der Waals surface area contributed by atoms with E-state index in [0.29, 0.717) is 0 Å². The van der Waals surface area contributed by atoms with E-state index in [1.165, 1.54) is 0 Å². The van der Waals surface area contributed by atoms with Crippen LogP contribution in [0.4, 0.5) is 24.5 Å². The largest absolute Gasteiger partial charge is 0.399 e. The second-order valence-electron chi connectivity index (χ2n) is 3.75. The minimum atomic E-state index is -4.54. The van der Waals surface area contributed by atoms with E-state index in [2.05, 4.69) is 0 Å². The predicted octanol–water partition coefficient (Wildman–Crippen LogP) is 1.41. The number of nitrogens with zero attached hydrogens (tertiary/aromatic N) is 1. The standard InChI is InChI=1S/C9H10F3N3O4S/c10-9(11,12)3-4-14-20(18,19)8-5-6(13)1-2-7(8)15(16)17/h1-2,5,14H,3-4,13H2. The lowest BCUT2D eigenvalue weighted by molar-refractivity contribution is -0.387. The molecule has 7 nitrogen and oxygen atoms in total. The van der Waals surface area contributed by atoms with Gasteiger partial charge in [0.05, 0.1) is 11.3 Å². The number of rotatable bonds is 5. The summed E-state index contributed by atoms with van der Waals surface area (Å²) in [7, 11) is -4.45. The summed E-state index contributed by atoms with van der Waals surface area (Å²) in [6, 6.07) is 2.80. The minimum Gasteiger partial charge on any atom is -0.399 e. The van der Waals surface area contributed by atoms with Gasteiger partial charge in [-0.2, -0.15) is 13.2 Å². The average molecular weight is 313 g/mol. The maximum atomic E-state index is 11.9. The molecule has 1 aromatic carbocycles. The molecule has 0 saturated carbocycles. The van der Waals surface area contributed by atoms with Gasteiger partial charge in [0.2, 0.25) is 10.0 Å². The smallest absolute Gasteiger partial charge is 0.390 e. The van der Waals surface area contributed by atoms with Crippen molar-refractivity contribution in [1.82, 2.24) is 4.72 Å². The summed E-state index contributed by atoms with van der Waals surface area (Å²) in [5.41, 5.74) is 4.50. The molecule has 0 aliphatic heterocycles. The zero-order valence-corrected chi connectivity index (χ0v) is 10.7. The maximum Gasteiger partial charge on any atom is 0.390 e. The van der Waals surface area contributed by atoms with Crippen molar-refractivity contribution in [3.05, 3.63) is 28.3 Å². The van der Waals surface area contributed by atoms with Crippen molar-refractivity contribution in [2.75, 3.05) is 12.3 Å². The summed E-state index contributed by atoms with van der Waals surface area (Å²) in [4.78, 5) is 8.97. The number of nitrogens with one attached hydrogen (secondary N) is 1. The zero-order chi connectivity index (χ0) is 15.6. The number of nitrogen functional groups attached to an aromatic ring is 1. The first kappa shape index (κ1) is 16.2. The number of sulfonamides is 1. The summed E-state index contributed by atoms with van der Waals surface area (Å²) >= 11 is 0. The summed E-state index contributed by atoms with van der Waals surface area (Å²) in [5.74, 6) is 0. The average Bonchev–Trinajstić information content (AvgIpc) is 2.26. The lowest BCUT2D eigenvalue weighted by Crippen LogP contribution is -2.28. The van der Waals surface area contributed by atoms with Gasteiger partial charge in [0, 0.05) is 18.3 Å². The molecule has 3 N–H and O–H groups in total. The minimum absolute atomic E-state index is 0.0632. The number of benzene rings is 1. The third kappa shape index (κ3) is 4.35. The van der Waals surface area contributed by atoms with E-state index < -0.39 is 44.7 Å². The Morgan fingerprint density at radius 2 is 1.95 bits per heavy atom. The topological polar surface area (TPSA) is 115 Å². The molecule has 0 saturated heterocycles. The van der Waals surface area contributed by atoms with Crippen LogP contribution in [0.2, 0.25) is 0 Å². The molecule has 0 spiro atoms. The Balaban J connectivity index is 3.03. The second kappa shape index (κ2) is 5.63. The SMILES string of the molecule is Nc1ccc([N+](=O)[O-])c(S(=O)(=O)NCCC(F)(F)F)c1. The number of nitrogens with two attached hydrogens (primary N) is 1. The number of halogens is 3. The number of nitro groups is 1. The number of hydrogen-bond donors (Lipinski definition) is 2. The predicted molar refractivity (Wildman–Crippen MR) is 63.4 cm³/mol. The van der Waals surface area contributed by atoms with Gasteiger partial charge in [-0.3, -0.25) is 10.1 Å². The van der Waals surface area contributed by atoms with Crippen LogP contribution in [0.15, 0.2) is 23.1 Å². The molecule has 1 aromatic rings. The Morgan fingerprint density at radius 3 is 2.45 bits per heavy atom. The highest BCUT2D eigenvalue weighted by molar-refractivity contribution is 7.89. The summed E-state index contributed by atoms with van der Waals surface area (Å²) in [5, 5.41) is 10.7. The van der Waals surface area contributed by atoms with Gasteiger partial charge in [0.25, 0.3) is 5.69 Å². The van der Waals surface area contributed by atoms with Crippen molar-refractivity contribution in [3.63, 3.8) is 0 Å². The van der Waals surface area contributed by atoms with Crippen molar-refractivity contribution < 1.29 is 26.5 Å². The third-order valence-electron chi connectivity index (χ3n) is 2.17. The van der Waals surface area contributed by atoms with Gasteiger partial charge in [-0.15, -0.1) is 0 Å². The summed E-state index contributed by atoms with van der Waals surface area (Å²) in [6.07, 6.45) is -5.92. The highest BCUT2D eigenvalue weighted by Gasteiger charge is 2.30. The Hall–Kier alpha value is -1.88.